The molecule has 0 saturated carbocycles. The minimum Gasteiger partial charge on any atom is -0.495 e. The summed E-state index contributed by atoms with van der Waals surface area (Å²) in [6.45, 7) is 0.397. The maximum Gasteiger partial charge on any atom is 0.261 e. The van der Waals surface area contributed by atoms with Gasteiger partial charge in [-0.25, -0.2) is 13.3 Å². The molecule has 170 valence electrons. The maximum atomic E-state index is 13.0. The minimum atomic E-state index is -3.99. The highest BCUT2D eigenvalue weighted by Crippen LogP contribution is 2.34. The Morgan fingerprint density at radius 2 is 1.58 bits per heavy atom. The van der Waals surface area contributed by atoms with Crippen LogP contribution in [0.5, 0.6) is 11.5 Å². The van der Waals surface area contributed by atoms with Gasteiger partial charge in [-0.1, -0.05) is 30.3 Å². The molecule has 0 aromatic heterocycles. The monoisotopic (exact) mass is 466 g/mol. The maximum absolute atomic E-state index is 13.0. The van der Waals surface area contributed by atoms with Gasteiger partial charge in [-0.2, -0.15) is 0 Å². The van der Waals surface area contributed by atoms with Gasteiger partial charge in [-0.05, 0) is 48.0 Å². The van der Waals surface area contributed by atoms with Crippen LogP contribution in [-0.4, -0.2) is 27.3 Å². The fourth-order valence-corrected chi connectivity index (χ4v) is 4.51. The molecule has 1 aliphatic heterocycles. The van der Waals surface area contributed by atoms with Crippen LogP contribution in [0.25, 0.3) is 0 Å². The van der Waals surface area contributed by atoms with E-state index in [-0.39, 0.29) is 29.2 Å². The van der Waals surface area contributed by atoms with Crippen LogP contribution < -0.4 is 19.1 Å². The minimum absolute atomic E-state index is 0.0793. The second kappa shape index (κ2) is 9.33. The predicted molar refractivity (Wildman–Crippen MR) is 123 cm³/mol. The third-order valence-corrected chi connectivity index (χ3v) is 6.49. The van der Waals surface area contributed by atoms with Gasteiger partial charge in [-0.3, -0.25) is 14.3 Å². The normalized spacial score (nSPS) is 13.8. The summed E-state index contributed by atoms with van der Waals surface area (Å²) in [7, 11) is -2.60. The number of carbonyl (C=O) groups is 2. The molecule has 0 unspecified atom stereocenters. The number of imide groups is 1. The second-order valence-corrected chi connectivity index (χ2v) is 9.04. The van der Waals surface area contributed by atoms with E-state index >= 15 is 0 Å². The van der Waals surface area contributed by atoms with Crippen LogP contribution in [0.4, 0.5) is 11.4 Å². The lowest BCUT2D eigenvalue weighted by molar-refractivity contribution is -0.121. The molecular weight excluding hydrogens is 444 g/mol. The Hall–Kier alpha value is -3.85. The van der Waals surface area contributed by atoms with Gasteiger partial charge in [0.25, 0.3) is 10.0 Å². The molecule has 33 heavy (non-hydrogen) atoms. The van der Waals surface area contributed by atoms with Gasteiger partial charge in [0.05, 0.1) is 17.7 Å². The van der Waals surface area contributed by atoms with E-state index in [1.54, 1.807) is 24.3 Å². The summed E-state index contributed by atoms with van der Waals surface area (Å²) >= 11 is 0. The summed E-state index contributed by atoms with van der Waals surface area (Å²) in [4.78, 5) is 25.2. The highest BCUT2D eigenvalue weighted by Gasteiger charge is 2.33. The molecule has 1 aliphatic rings. The molecule has 9 heteroatoms. The van der Waals surface area contributed by atoms with E-state index in [9.17, 15) is 18.0 Å². The number of benzene rings is 3. The van der Waals surface area contributed by atoms with Crippen molar-refractivity contribution in [2.45, 2.75) is 24.3 Å². The lowest BCUT2D eigenvalue weighted by Crippen LogP contribution is -2.29. The summed E-state index contributed by atoms with van der Waals surface area (Å²) in [6, 6.07) is 20.2. The molecule has 1 saturated heterocycles. The van der Waals surface area contributed by atoms with Crippen molar-refractivity contribution in [3.63, 3.8) is 0 Å². The zero-order chi connectivity index (χ0) is 23.4. The lowest BCUT2D eigenvalue weighted by atomic mass is 10.2. The van der Waals surface area contributed by atoms with Gasteiger partial charge < -0.3 is 9.47 Å². The first-order valence-corrected chi connectivity index (χ1v) is 11.7. The summed E-state index contributed by atoms with van der Waals surface area (Å²) in [5.41, 5.74) is 1.47. The number of anilines is 2. The van der Waals surface area contributed by atoms with Crippen molar-refractivity contribution >= 4 is 33.2 Å². The molecule has 1 N–H and O–H groups in total. The molecule has 2 amide bonds. The van der Waals surface area contributed by atoms with Crippen LogP contribution in [0.15, 0.2) is 77.7 Å². The molecule has 0 atom stereocenters. The Bertz CT molecular complexity index is 1260. The number of amides is 2. The third kappa shape index (κ3) is 4.98. The van der Waals surface area contributed by atoms with Gasteiger partial charge in [0, 0.05) is 18.5 Å². The van der Waals surface area contributed by atoms with E-state index < -0.39 is 21.8 Å². The van der Waals surface area contributed by atoms with Crippen LogP contribution in [0, 0.1) is 0 Å². The number of hydrogen-bond donors (Lipinski definition) is 1. The molecule has 0 radical (unpaired) electrons. The molecule has 8 nitrogen and oxygen atoms in total. The lowest BCUT2D eigenvalue weighted by Gasteiger charge is -2.18. The highest BCUT2D eigenvalue weighted by atomic mass is 32.2. The van der Waals surface area contributed by atoms with E-state index in [2.05, 4.69) is 4.72 Å². The first-order valence-electron chi connectivity index (χ1n) is 10.2. The Balaban J connectivity index is 1.51. The van der Waals surface area contributed by atoms with Crippen molar-refractivity contribution in [2.24, 2.45) is 0 Å². The zero-order valence-corrected chi connectivity index (χ0v) is 18.7. The third-order valence-electron chi connectivity index (χ3n) is 5.11. The van der Waals surface area contributed by atoms with Crippen molar-refractivity contribution < 1.29 is 27.5 Å². The Morgan fingerprint density at radius 1 is 0.909 bits per heavy atom. The highest BCUT2D eigenvalue weighted by molar-refractivity contribution is 7.92. The van der Waals surface area contributed by atoms with Crippen LogP contribution in [-0.2, 0) is 26.2 Å². The number of nitrogens with zero attached hydrogens (tertiary/aromatic N) is 1. The van der Waals surface area contributed by atoms with Gasteiger partial charge >= 0.3 is 0 Å². The quantitative estimate of drug-likeness (QED) is 0.508. The van der Waals surface area contributed by atoms with Crippen molar-refractivity contribution in [3.8, 4) is 11.5 Å². The summed E-state index contributed by atoms with van der Waals surface area (Å²) in [5.74, 6) is 0.0378. The molecule has 4 rings (SSSR count). The fraction of sp³-hybridized carbons (Fsp3) is 0.167. The molecule has 0 aliphatic carbocycles. The van der Waals surface area contributed by atoms with E-state index in [0.29, 0.717) is 18.0 Å². The number of nitrogens with one attached hydrogen (secondary N) is 1. The smallest absolute Gasteiger partial charge is 0.261 e. The van der Waals surface area contributed by atoms with Gasteiger partial charge in [0.2, 0.25) is 11.8 Å². The van der Waals surface area contributed by atoms with Crippen molar-refractivity contribution in [1.29, 1.82) is 0 Å². The van der Waals surface area contributed by atoms with Crippen molar-refractivity contribution in [2.75, 3.05) is 16.7 Å². The Kier molecular flexibility index (Phi) is 6.32. The van der Waals surface area contributed by atoms with Gasteiger partial charge in [-0.15, -0.1) is 0 Å². The van der Waals surface area contributed by atoms with Gasteiger partial charge in [0.1, 0.15) is 18.1 Å². The van der Waals surface area contributed by atoms with E-state index in [0.717, 1.165) is 10.5 Å². The molecule has 3 aromatic carbocycles. The topological polar surface area (TPSA) is 102 Å². The number of methoxy groups -OCH3 is 1. The van der Waals surface area contributed by atoms with E-state index in [1.807, 2.05) is 30.3 Å². The summed E-state index contributed by atoms with van der Waals surface area (Å²) < 4.78 is 39.4. The van der Waals surface area contributed by atoms with E-state index in [1.165, 1.54) is 25.3 Å². The SMILES string of the molecule is COc1ccc(S(=O)(=O)Nc2ccc(OCc3ccccc3)cc2)cc1N1C(=O)CCC1=O. The van der Waals surface area contributed by atoms with Crippen LogP contribution in [0.1, 0.15) is 18.4 Å². The van der Waals surface area contributed by atoms with Crippen molar-refractivity contribution in [3.05, 3.63) is 78.4 Å². The average Bonchev–Trinajstić information content (AvgIpc) is 3.16. The first-order chi connectivity index (χ1) is 15.9. The van der Waals surface area contributed by atoms with E-state index in [4.69, 9.17) is 9.47 Å². The molecule has 0 spiro atoms. The summed E-state index contributed by atoms with van der Waals surface area (Å²) in [5, 5.41) is 0. The molecule has 1 heterocycles. The second-order valence-electron chi connectivity index (χ2n) is 7.36. The first kappa shape index (κ1) is 22.3. The van der Waals surface area contributed by atoms with Crippen LogP contribution in [0.3, 0.4) is 0 Å². The molecule has 0 bridgehead atoms. The summed E-state index contributed by atoms with van der Waals surface area (Å²) in [6.07, 6.45) is 0.159. The number of ether oxygens (including phenoxy) is 2. The number of carbonyl (C=O) groups excluding carboxylic acids is 2. The van der Waals surface area contributed by atoms with Gasteiger partial charge in [0.15, 0.2) is 0 Å². The van der Waals surface area contributed by atoms with Crippen LogP contribution >= 0.6 is 0 Å². The number of rotatable bonds is 8. The zero-order valence-electron chi connectivity index (χ0n) is 17.9. The predicted octanol–water partition coefficient (Wildman–Crippen LogP) is 3.73. The average molecular weight is 467 g/mol. The number of sulfonamides is 1. The standard InChI is InChI=1S/C24H22N2O6S/c1-31-22-12-11-20(15-21(22)26-23(27)13-14-24(26)28)33(29,30)25-18-7-9-19(10-8-18)32-16-17-5-3-2-4-6-17/h2-12,15,25H,13-14,16H2,1H3. The largest absolute Gasteiger partial charge is 0.495 e. The molecular formula is C24H22N2O6S. The molecule has 3 aromatic rings. The van der Waals surface area contributed by atoms with Crippen LogP contribution in [0.2, 0.25) is 0 Å². The molecule has 1 fully saturated rings. The fourth-order valence-electron chi connectivity index (χ4n) is 3.43. The number of hydrogen-bond acceptors (Lipinski definition) is 6. The Morgan fingerprint density at radius 3 is 2.21 bits per heavy atom. The van der Waals surface area contributed by atoms with Crippen molar-refractivity contribution in [1.82, 2.24) is 0 Å². The Labute approximate surface area is 191 Å².